The number of hydrogen-bond acceptors (Lipinski definition) is 6. The Morgan fingerprint density at radius 3 is 2.21 bits per heavy atom. The van der Waals surface area contributed by atoms with Gasteiger partial charge in [-0.25, -0.2) is 13.2 Å². The van der Waals surface area contributed by atoms with Crippen molar-refractivity contribution in [3.63, 3.8) is 0 Å². The number of carbonyl (C=O) groups excluding carboxylic acids is 2. The summed E-state index contributed by atoms with van der Waals surface area (Å²) in [5.74, 6) is -0.922. The maximum Gasteiger partial charge on any atom is 0.338 e. The first-order valence-corrected chi connectivity index (χ1v) is 12.7. The Labute approximate surface area is 194 Å². The van der Waals surface area contributed by atoms with Gasteiger partial charge < -0.3 is 14.5 Å². The van der Waals surface area contributed by atoms with Crippen LogP contribution in [-0.4, -0.2) is 75.4 Å². The minimum Gasteiger partial charge on any atom is -0.452 e. The summed E-state index contributed by atoms with van der Waals surface area (Å²) in [7, 11) is -3.75. The van der Waals surface area contributed by atoms with E-state index in [9.17, 15) is 18.0 Å². The van der Waals surface area contributed by atoms with Crippen molar-refractivity contribution in [1.29, 1.82) is 0 Å². The van der Waals surface area contributed by atoms with E-state index in [1.807, 2.05) is 30.3 Å². The van der Waals surface area contributed by atoms with Crippen molar-refractivity contribution in [2.45, 2.75) is 24.2 Å². The summed E-state index contributed by atoms with van der Waals surface area (Å²) < 4.78 is 33.0. The van der Waals surface area contributed by atoms with E-state index in [1.165, 1.54) is 28.6 Å². The summed E-state index contributed by atoms with van der Waals surface area (Å²) in [6.45, 7) is 2.92. The molecule has 1 amide bonds. The molecule has 2 fully saturated rings. The summed E-state index contributed by atoms with van der Waals surface area (Å²) >= 11 is 0. The van der Waals surface area contributed by atoms with Gasteiger partial charge in [-0.2, -0.15) is 4.31 Å². The number of ether oxygens (including phenoxy) is 1. The number of anilines is 1. The maximum absolute atomic E-state index is 13.2. The van der Waals surface area contributed by atoms with Crippen molar-refractivity contribution in [2.75, 3.05) is 50.8 Å². The van der Waals surface area contributed by atoms with Gasteiger partial charge in [0.2, 0.25) is 10.0 Å². The van der Waals surface area contributed by atoms with Crippen LogP contribution in [0.4, 0.5) is 5.69 Å². The van der Waals surface area contributed by atoms with Gasteiger partial charge in [-0.3, -0.25) is 4.79 Å². The van der Waals surface area contributed by atoms with E-state index in [-0.39, 0.29) is 23.0 Å². The fourth-order valence-corrected chi connectivity index (χ4v) is 5.67. The van der Waals surface area contributed by atoms with Crippen molar-refractivity contribution >= 4 is 27.6 Å². The van der Waals surface area contributed by atoms with Crippen LogP contribution in [-0.2, 0) is 19.6 Å². The highest BCUT2D eigenvalue weighted by Gasteiger charge is 2.29. The average molecular weight is 472 g/mol. The molecule has 2 heterocycles. The first-order chi connectivity index (χ1) is 15.9. The molecule has 0 aromatic heterocycles. The maximum atomic E-state index is 13.2. The summed E-state index contributed by atoms with van der Waals surface area (Å²) in [4.78, 5) is 28.6. The first kappa shape index (κ1) is 23.3. The molecule has 0 N–H and O–H groups in total. The molecule has 0 radical (unpaired) electrons. The normalized spacial score (nSPS) is 17.6. The highest BCUT2D eigenvalue weighted by Crippen LogP contribution is 2.22. The topological polar surface area (TPSA) is 87.2 Å². The second kappa shape index (κ2) is 10.4. The lowest BCUT2D eigenvalue weighted by Crippen LogP contribution is -2.48. The van der Waals surface area contributed by atoms with Gasteiger partial charge in [0.1, 0.15) is 0 Å². The third-order valence-electron chi connectivity index (χ3n) is 6.10. The largest absolute Gasteiger partial charge is 0.452 e. The predicted octanol–water partition coefficient (Wildman–Crippen LogP) is 2.37. The van der Waals surface area contributed by atoms with Crippen molar-refractivity contribution < 1.29 is 22.7 Å². The first-order valence-electron chi connectivity index (χ1n) is 11.3. The summed E-state index contributed by atoms with van der Waals surface area (Å²) in [5, 5.41) is 0. The predicted molar refractivity (Wildman–Crippen MR) is 125 cm³/mol. The van der Waals surface area contributed by atoms with Crippen molar-refractivity contribution in [3.8, 4) is 0 Å². The summed E-state index contributed by atoms with van der Waals surface area (Å²) in [6, 6.07) is 15.7. The van der Waals surface area contributed by atoms with E-state index >= 15 is 0 Å². The molecule has 0 saturated carbocycles. The molecule has 176 valence electrons. The molecule has 9 heteroatoms. The Balaban J connectivity index is 1.37. The van der Waals surface area contributed by atoms with Gasteiger partial charge in [0.05, 0.1) is 10.5 Å². The number of amides is 1. The van der Waals surface area contributed by atoms with Crippen LogP contribution in [0.3, 0.4) is 0 Å². The number of likely N-dealkylation sites (tertiary alicyclic amines) is 1. The van der Waals surface area contributed by atoms with Crippen molar-refractivity contribution in [3.05, 3.63) is 60.2 Å². The number of benzene rings is 2. The highest BCUT2D eigenvalue weighted by molar-refractivity contribution is 7.89. The quantitative estimate of drug-likeness (QED) is 0.601. The second-order valence-corrected chi connectivity index (χ2v) is 10.2. The average Bonchev–Trinajstić information content (AvgIpc) is 2.88. The Hall–Kier alpha value is -2.91. The van der Waals surface area contributed by atoms with Crippen LogP contribution in [0.25, 0.3) is 0 Å². The van der Waals surface area contributed by atoms with Gasteiger partial charge in [-0.05, 0) is 49.6 Å². The van der Waals surface area contributed by atoms with Gasteiger partial charge >= 0.3 is 5.97 Å². The Kier molecular flexibility index (Phi) is 7.29. The van der Waals surface area contributed by atoms with E-state index in [0.717, 1.165) is 24.9 Å². The molecule has 4 rings (SSSR count). The zero-order valence-corrected chi connectivity index (χ0v) is 19.4. The van der Waals surface area contributed by atoms with Crippen LogP contribution in [0.5, 0.6) is 0 Å². The molecule has 2 aromatic carbocycles. The van der Waals surface area contributed by atoms with Gasteiger partial charge in [-0.15, -0.1) is 0 Å². The molecule has 2 saturated heterocycles. The Morgan fingerprint density at radius 2 is 1.52 bits per heavy atom. The molecular formula is C24H29N3O5S. The summed E-state index contributed by atoms with van der Waals surface area (Å²) in [5.41, 5.74) is 1.18. The lowest BCUT2D eigenvalue weighted by molar-refractivity contribution is -0.135. The number of sulfonamides is 1. The molecule has 0 bridgehead atoms. The molecule has 0 spiro atoms. The van der Waals surface area contributed by atoms with E-state index < -0.39 is 16.0 Å². The molecule has 33 heavy (non-hydrogen) atoms. The number of piperidine rings is 1. The zero-order valence-electron chi connectivity index (χ0n) is 18.6. The number of para-hydroxylation sites is 1. The number of piperazine rings is 1. The highest BCUT2D eigenvalue weighted by atomic mass is 32.2. The number of rotatable bonds is 6. The third-order valence-corrected chi connectivity index (χ3v) is 8.00. The SMILES string of the molecule is O=C(OCC(=O)N1CCCCC1)c1cccc(S(=O)(=O)N2CCN(c3ccccc3)CC2)c1. The number of nitrogens with zero attached hydrogens (tertiary/aromatic N) is 3. The molecule has 0 atom stereocenters. The van der Waals surface area contributed by atoms with E-state index in [2.05, 4.69) is 4.90 Å². The molecule has 2 aliphatic heterocycles. The minimum absolute atomic E-state index is 0.0486. The fourth-order valence-electron chi connectivity index (χ4n) is 4.20. The van der Waals surface area contributed by atoms with Crippen LogP contribution < -0.4 is 4.90 Å². The lowest BCUT2D eigenvalue weighted by Gasteiger charge is -2.35. The molecule has 8 nitrogen and oxygen atoms in total. The van der Waals surface area contributed by atoms with E-state index in [4.69, 9.17) is 4.74 Å². The van der Waals surface area contributed by atoms with Crippen molar-refractivity contribution in [2.24, 2.45) is 0 Å². The Morgan fingerprint density at radius 1 is 0.818 bits per heavy atom. The summed E-state index contributed by atoms with van der Waals surface area (Å²) in [6.07, 6.45) is 3.02. The fraction of sp³-hybridized carbons (Fsp3) is 0.417. The number of hydrogen-bond donors (Lipinski definition) is 0. The molecule has 2 aromatic rings. The van der Waals surface area contributed by atoms with Crippen molar-refractivity contribution in [1.82, 2.24) is 9.21 Å². The van der Waals surface area contributed by atoms with Gasteiger partial charge in [0.25, 0.3) is 5.91 Å². The molecule has 0 aliphatic carbocycles. The van der Waals surface area contributed by atoms with Gasteiger partial charge in [0, 0.05) is 45.0 Å². The van der Waals surface area contributed by atoms with E-state index in [0.29, 0.717) is 39.3 Å². The zero-order chi connectivity index (χ0) is 23.3. The van der Waals surface area contributed by atoms with Crippen LogP contribution >= 0.6 is 0 Å². The standard InChI is InChI=1S/C24H29N3O5S/c28-23(26-12-5-2-6-13-26)19-32-24(29)20-8-7-11-22(18-20)33(30,31)27-16-14-25(15-17-27)21-9-3-1-4-10-21/h1,3-4,7-11,18H,2,5-6,12-17,19H2. The van der Waals surface area contributed by atoms with Gasteiger partial charge in [-0.1, -0.05) is 24.3 Å². The smallest absolute Gasteiger partial charge is 0.338 e. The van der Waals surface area contributed by atoms with Crippen LogP contribution in [0, 0.1) is 0 Å². The van der Waals surface area contributed by atoms with Crippen LogP contribution in [0.2, 0.25) is 0 Å². The molecule has 2 aliphatic rings. The minimum atomic E-state index is -3.75. The lowest BCUT2D eigenvalue weighted by atomic mass is 10.1. The van der Waals surface area contributed by atoms with Gasteiger partial charge in [0.15, 0.2) is 6.61 Å². The number of carbonyl (C=O) groups is 2. The van der Waals surface area contributed by atoms with Crippen LogP contribution in [0.15, 0.2) is 59.5 Å². The Bertz CT molecular complexity index is 1080. The third kappa shape index (κ3) is 5.54. The molecular weight excluding hydrogens is 442 g/mol. The molecule has 0 unspecified atom stereocenters. The monoisotopic (exact) mass is 471 g/mol. The number of esters is 1. The van der Waals surface area contributed by atoms with Crippen LogP contribution in [0.1, 0.15) is 29.6 Å². The van der Waals surface area contributed by atoms with E-state index in [1.54, 1.807) is 4.90 Å². The second-order valence-electron chi connectivity index (χ2n) is 8.27.